The summed E-state index contributed by atoms with van der Waals surface area (Å²) in [5.41, 5.74) is 3.00. The van der Waals surface area contributed by atoms with Crippen LogP contribution in [0.1, 0.15) is 5.69 Å². The zero-order valence-corrected chi connectivity index (χ0v) is 7.97. The van der Waals surface area contributed by atoms with E-state index >= 15 is 0 Å². The van der Waals surface area contributed by atoms with E-state index in [0.29, 0.717) is 5.28 Å². The van der Waals surface area contributed by atoms with Crippen LogP contribution in [0, 0.1) is 6.92 Å². The van der Waals surface area contributed by atoms with Crippen molar-refractivity contribution < 1.29 is 0 Å². The van der Waals surface area contributed by atoms with E-state index in [9.17, 15) is 0 Å². The van der Waals surface area contributed by atoms with Gasteiger partial charge in [-0.1, -0.05) is 30.3 Å². The molecule has 0 amide bonds. The molecule has 0 fully saturated rings. The van der Waals surface area contributed by atoms with E-state index in [-0.39, 0.29) is 0 Å². The third-order valence-corrected chi connectivity index (χ3v) is 2.08. The Kier molecular flexibility index (Phi) is 2.07. The van der Waals surface area contributed by atoms with E-state index in [1.54, 1.807) is 0 Å². The molecule has 0 radical (unpaired) electrons. The lowest BCUT2D eigenvalue weighted by atomic mass is 10.1. The lowest BCUT2D eigenvalue weighted by Crippen LogP contribution is -1.79. The van der Waals surface area contributed by atoms with Crippen molar-refractivity contribution in [2.24, 2.45) is 0 Å². The fraction of sp³-hybridized carbons (Fsp3) is 0.100. The van der Waals surface area contributed by atoms with E-state index in [0.717, 1.165) is 17.0 Å². The summed E-state index contributed by atoms with van der Waals surface area (Å²) in [6.45, 7) is 1.96. The van der Waals surface area contributed by atoms with Crippen molar-refractivity contribution in [3.8, 4) is 11.3 Å². The lowest BCUT2D eigenvalue weighted by molar-refractivity contribution is 1.25. The minimum absolute atomic E-state index is 0.441. The maximum atomic E-state index is 5.75. The first-order valence-corrected chi connectivity index (χ1v) is 4.42. The topological polar surface area (TPSA) is 28.7 Å². The van der Waals surface area contributed by atoms with E-state index < -0.39 is 0 Å². The zero-order chi connectivity index (χ0) is 9.26. The number of nitrogens with one attached hydrogen (secondary N) is 1. The molecule has 2 aromatic rings. The Labute approximate surface area is 81.6 Å². The summed E-state index contributed by atoms with van der Waals surface area (Å²) in [4.78, 5) is 7.15. The normalized spacial score (nSPS) is 10.3. The highest BCUT2D eigenvalue weighted by molar-refractivity contribution is 6.28. The molecule has 0 saturated carbocycles. The Bertz CT molecular complexity index is 406. The predicted octanol–water partition coefficient (Wildman–Crippen LogP) is 3.04. The molecule has 66 valence electrons. The first-order chi connectivity index (χ1) is 6.27. The fourth-order valence-electron chi connectivity index (χ4n) is 1.30. The number of rotatable bonds is 1. The van der Waals surface area contributed by atoms with Crippen molar-refractivity contribution in [2.45, 2.75) is 6.92 Å². The van der Waals surface area contributed by atoms with E-state index in [4.69, 9.17) is 11.6 Å². The lowest BCUT2D eigenvalue weighted by Gasteiger charge is -1.96. The molecule has 0 aliphatic carbocycles. The van der Waals surface area contributed by atoms with Gasteiger partial charge in [-0.15, -0.1) is 0 Å². The minimum Gasteiger partial charge on any atom is -0.332 e. The smallest absolute Gasteiger partial charge is 0.200 e. The molecule has 13 heavy (non-hydrogen) atoms. The number of aromatic amines is 1. The second-order valence-corrected chi connectivity index (χ2v) is 3.23. The van der Waals surface area contributed by atoms with Crippen molar-refractivity contribution in [2.75, 3.05) is 0 Å². The van der Waals surface area contributed by atoms with Crippen LogP contribution in [-0.2, 0) is 0 Å². The van der Waals surface area contributed by atoms with Gasteiger partial charge in [0.1, 0.15) is 0 Å². The number of hydrogen-bond donors (Lipinski definition) is 1. The number of imidazole rings is 1. The standard InChI is InChI=1S/C10H9ClN2/c1-7-9(13-10(11)12-7)8-5-3-2-4-6-8/h2-6H,1H3,(H,12,13). The molecular weight excluding hydrogens is 184 g/mol. The SMILES string of the molecule is Cc1[nH]c(Cl)nc1-c1ccccc1. The molecule has 0 unspecified atom stereocenters. The van der Waals surface area contributed by atoms with Gasteiger partial charge in [0, 0.05) is 11.3 Å². The largest absolute Gasteiger partial charge is 0.332 e. The van der Waals surface area contributed by atoms with Crippen LogP contribution < -0.4 is 0 Å². The molecule has 2 rings (SSSR count). The van der Waals surface area contributed by atoms with Crippen LogP contribution in [0.5, 0.6) is 0 Å². The molecule has 0 saturated heterocycles. The Morgan fingerprint density at radius 3 is 2.46 bits per heavy atom. The maximum absolute atomic E-state index is 5.75. The van der Waals surface area contributed by atoms with E-state index in [2.05, 4.69) is 9.97 Å². The van der Waals surface area contributed by atoms with Crippen molar-refractivity contribution >= 4 is 11.6 Å². The van der Waals surface area contributed by atoms with Crippen LogP contribution in [-0.4, -0.2) is 9.97 Å². The van der Waals surface area contributed by atoms with Crippen LogP contribution in [0.25, 0.3) is 11.3 Å². The second kappa shape index (κ2) is 3.23. The number of nitrogens with zero attached hydrogens (tertiary/aromatic N) is 1. The highest BCUT2D eigenvalue weighted by Crippen LogP contribution is 2.21. The average molecular weight is 193 g/mol. The number of hydrogen-bond acceptors (Lipinski definition) is 1. The summed E-state index contributed by atoms with van der Waals surface area (Å²) >= 11 is 5.75. The molecule has 0 aliphatic rings. The average Bonchev–Trinajstić information content (AvgIpc) is 2.47. The predicted molar refractivity (Wildman–Crippen MR) is 53.8 cm³/mol. The Morgan fingerprint density at radius 1 is 1.23 bits per heavy atom. The molecule has 3 heteroatoms. The van der Waals surface area contributed by atoms with Gasteiger partial charge in [0.2, 0.25) is 5.28 Å². The van der Waals surface area contributed by atoms with Gasteiger partial charge in [-0.05, 0) is 18.5 Å². The number of halogens is 1. The van der Waals surface area contributed by atoms with Gasteiger partial charge in [-0.2, -0.15) is 0 Å². The van der Waals surface area contributed by atoms with Crippen molar-refractivity contribution in [1.82, 2.24) is 9.97 Å². The number of aromatic nitrogens is 2. The maximum Gasteiger partial charge on any atom is 0.200 e. The van der Waals surface area contributed by atoms with Crippen molar-refractivity contribution in [3.63, 3.8) is 0 Å². The number of H-pyrrole nitrogens is 1. The van der Waals surface area contributed by atoms with Gasteiger partial charge < -0.3 is 4.98 Å². The molecular formula is C10H9ClN2. The van der Waals surface area contributed by atoms with Crippen LogP contribution >= 0.6 is 11.6 Å². The quantitative estimate of drug-likeness (QED) is 0.739. The van der Waals surface area contributed by atoms with Gasteiger partial charge in [0.25, 0.3) is 0 Å². The second-order valence-electron chi connectivity index (χ2n) is 2.87. The molecule has 0 bridgehead atoms. The molecule has 1 N–H and O–H groups in total. The van der Waals surface area contributed by atoms with Crippen LogP contribution in [0.15, 0.2) is 30.3 Å². The van der Waals surface area contributed by atoms with Gasteiger partial charge in [0.15, 0.2) is 0 Å². The summed E-state index contributed by atoms with van der Waals surface area (Å²) in [6, 6.07) is 9.97. The van der Waals surface area contributed by atoms with Gasteiger partial charge >= 0.3 is 0 Å². The summed E-state index contributed by atoms with van der Waals surface area (Å²) in [5, 5.41) is 0.441. The van der Waals surface area contributed by atoms with E-state index in [1.165, 1.54) is 0 Å². The Balaban J connectivity index is 2.53. The molecule has 2 nitrogen and oxygen atoms in total. The number of aryl methyl sites for hydroxylation is 1. The Morgan fingerprint density at radius 2 is 1.92 bits per heavy atom. The summed E-state index contributed by atoms with van der Waals surface area (Å²) in [5.74, 6) is 0. The molecule has 1 heterocycles. The Hall–Kier alpha value is -1.28. The van der Waals surface area contributed by atoms with Crippen LogP contribution in [0.4, 0.5) is 0 Å². The van der Waals surface area contributed by atoms with Crippen molar-refractivity contribution in [3.05, 3.63) is 41.3 Å². The number of benzene rings is 1. The van der Waals surface area contributed by atoms with Gasteiger partial charge in [-0.3, -0.25) is 0 Å². The van der Waals surface area contributed by atoms with Crippen molar-refractivity contribution in [1.29, 1.82) is 0 Å². The highest BCUT2D eigenvalue weighted by atomic mass is 35.5. The third kappa shape index (κ3) is 1.58. The van der Waals surface area contributed by atoms with E-state index in [1.807, 2.05) is 37.3 Å². The van der Waals surface area contributed by atoms with Gasteiger partial charge in [-0.25, -0.2) is 4.98 Å². The molecule has 0 atom stereocenters. The minimum atomic E-state index is 0.441. The first kappa shape index (κ1) is 8.32. The van der Waals surface area contributed by atoms with Crippen LogP contribution in [0.2, 0.25) is 5.28 Å². The van der Waals surface area contributed by atoms with Crippen LogP contribution in [0.3, 0.4) is 0 Å². The third-order valence-electron chi connectivity index (χ3n) is 1.90. The molecule has 0 spiro atoms. The van der Waals surface area contributed by atoms with Gasteiger partial charge in [0.05, 0.1) is 5.69 Å². The summed E-state index contributed by atoms with van der Waals surface area (Å²) < 4.78 is 0. The summed E-state index contributed by atoms with van der Waals surface area (Å²) in [6.07, 6.45) is 0. The zero-order valence-electron chi connectivity index (χ0n) is 7.21. The monoisotopic (exact) mass is 192 g/mol. The molecule has 1 aromatic heterocycles. The molecule has 1 aromatic carbocycles. The summed E-state index contributed by atoms with van der Waals surface area (Å²) in [7, 11) is 0. The first-order valence-electron chi connectivity index (χ1n) is 4.05. The fourth-order valence-corrected chi connectivity index (χ4v) is 1.53. The molecule has 0 aliphatic heterocycles. The highest BCUT2D eigenvalue weighted by Gasteiger charge is 2.05.